The first-order valence-electron chi connectivity index (χ1n) is 6.07. The quantitative estimate of drug-likeness (QED) is 0.852. The summed E-state index contributed by atoms with van der Waals surface area (Å²) in [6.07, 6.45) is 0. The van der Waals surface area contributed by atoms with Gasteiger partial charge in [0.1, 0.15) is 10.6 Å². The van der Waals surface area contributed by atoms with E-state index >= 15 is 0 Å². The molecule has 0 heterocycles. The van der Waals surface area contributed by atoms with Crippen molar-refractivity contribution in [2.75, 3.05) is 34.3 Å². The van der Waals surface area contributed by atoms with Gasteiger partial charge in [0.2, 0.25) is 10.0 Å². The molecule has 0 unspecified atom stereocenters. The molecular weight excluding hydrogens is 264 g/mol. The van der Waals surface area contributed by atoms with E-state index in [2.05, 4.69) is 4.72 Å². The number of nitrogens with zero attached hydrogens (tertiary/aromatic N) is 1. The molecule has 0 atom stereocenters. The van der Waals surface area contributed by atoms with Crippen molar-refractivity contribution >= 4 is 10.0 Å². The van der Waals surface area contributed by atoms with Crippen molar-refractivity contribution in [1.29, 1.82) is 0 Å². The lowest BCUT2D eigenvalue weighted by atomic mass is 10.1. The van der Waals surface area contributed by atoms with Crippen LogP contribution in [0.2, 0.25) is 0 Å². The van der Waals surface area contributed by atoms with Crippen LogP contribution in [0.25, 0.3) is 0 Å². The minimum atomic E-state index is -3.55. The molecule has 0 radical (unpaired) electrons. The first-order chi connectivity index (χ1) is 8.77. The van der Waals surface area contributed by atoms with Gasteiger partial charge in [-0.15, -0.1) is 0 Å². The van der Waals surface area contributed by atoms with E-state index in [0.717, 1.165) is 5.56 Å². The Morgan fingerprint density at radius 3 is 2.42 bits per heavy atom. The molecule has 6 heteroatoms. The standard InChI is InChI=1S/C13H22N2O3S/c1-10-8-11(2)13(12(9-10)18-5)19(16,17)14-6-7-15(3)4/h8-9,14H,6-7H2,1-5H3. The fourth-order valence-electron chi connectivity index (χ4n) is 1.89. The molecule has 0 aliphatic carbocycles. The molecular formula is C13H22N2O3S. The SMILES string of the molecule is COc1cc(C)cc(C)c1S(=O)(=O)NCCN(C)C. The molecule has 0 bridgehead atoms. The molecule has 0 saturated heterocycles. The third-order valence-corrected chi connectivity index (χ3v) is 4.37. The molecule has 1 aromatic carbocycles. The Hall–Kier alpha value is -1.11. The van der Waals surface area contributed by atoms with Crippen LogP contribution in [0.3, 0.4) is 0 Å². The van der Waals surface area contributed by atoms with Crippen LogP contribution < -0.4 is 9.46 Å². The number of sulfonamides is 1. The maximum absolute atomic E-state index is 12.3. The van der Waals surface area contributed by atoms with E-state index in [0.29, 0.717) is 24.4 Å². The molecule has 0 aliphatic heterocycles. The molecule has 0 aliphatic rings. The number of ether oxygens (including phenoxy) is 1. The van der Waals surface area contributed by atoms with E-state index < -0.39 is 10.0 Å². The van der Waals surface area contributed by atoms with Gasteiger partial charge in [-0.3, -0.25) is 0 Å². The lowest BCUT2D eigenvalue weighted by Gasteiger charge is -2.15. The number of hydrogen-bond donors (Lipinski definition) is 1. The average Bonchev–Trinajstić information content (AvgIpc) is 2.26. The lowest BCUT2D eigenvalue weighted by molar-refractivity contribution is 0.399. The molecule has 5 nitrogen and oxygen atoms in total. The summed E-state index contributed by atoms with van der Waals surface area (Å²) in [6, 6.07) is 3.57. The molecule has 1 rings (SSSR count). The van der Waals surface area contributed by atoms with Crippen LogP contribution >= 0.6 is 0 Å². The third kappa shape index (κ3) is 4.19. The zero-order chi connectivity index (χ0) is 14.6. The maximum Gasteiger partial charge on any atom is 0.244 e. The highest BCUT2D eigenvalue weighted by molar-refractivity contribution is 7.89. The van der Waals surface area contributed by atoms with Gasteiger partial charge in [-0.1, -0.05) is 6.07 Å². The molecule has 0 fully saturated rings. The van der Waals surface area contributed by atoms with Crippen molar-refractivity contribution in [2.45, 2.75) is 18.7 Å². The summed E-state index contributed by atoms with van der Waals surface area (Å²) in [4.78, 5) is 2.14. The van der Waals surface area contributed by atoms with Crippen LogP contribution in [0.5, 0.6) is 5.75 Å². The van der Waals surface area contributed by atoms with Crippen molar-refractivity contribution < 1.29 is 13.2 Å². The van der Waals surface area contributed by atoms with Gasteiger partial charge < -0.3 is 9.64 Å². The fourth-order valence-corrected chi connectivity index (χ4v) is 3.28. The molecule has 0 spiro atoms. The largest absolute Gasteiger partial charge is 0.495 e. The van der Waals surface area contributed by atoms with Crippen LogP contribution in [0, 0.1) is 13.8 Å². The van der Waals surface area contributed by atoms with E-state index in [9.17, 15) is 8.42 Å². The summed E-state index contributed by atoms with van der Waals surface area (Å²) in [5, 5.41) is 0. The van der Waals surface area contributed by atoms with Gasteiger partial charge in [0.15, 0.2) is 0 Å². The second-order valence-electron chi connectivity index (χ2n) is 4.81. The van der Waals surface area contributed by atoms with Crippen LogP contribution in [0.1, 0.15) is 11.1 Å². The van der Waals surface area contributed by atoms with E-state index in [1.165, 1.54) is 7.11 Å². The number of benzene rings is 1. The number of methoxy groups -OCH3 is 1. The summed E-state index contributed by atoms with van der Waals surface area (Å²) < 4.78 is 32.4. The first-order valence-corrected chi connectivity index (χ1v) is 7.56. The first kappa shape index (κ1) is 15.9. The Morgan fingerprint density at radius 1 is 1.26 bits per heavy atom. The second-order valence-corrected chi connectivity index (χ2v) is 6.52. The summed E-state index contributed by atoms with van der Waals surface area (Å²) >= 11 is 0. The van der Waals surface area contributed by atoms with Crippen molar-refractivity contribution in [3.63, 3.8) is 0 Å². The highest BCUT2D eigenvalue weighted by Crippen LogP contribution is 2.28. The normalized spacial score (nSPS) is 11.9. The van der Waals surface area contributed by atoms with Gasteiger partial charge in [-0.05, 0) is 45.1 Å². The van der Waals surface area contributed by atoms with E-state index in [-0.39, 0.29) is 4.90 Å². The van der Waals surface area contributed by atoms with Crippen molar-refractivity contribution in [1.82, 2.24) is 9.62 Å². The molecule has 1 aromatic rings. The molecule has 19 heavy (non-hydrogen) atoms. The average molecular weight is 286 g/mol. The van der Waals surface area contributed by atoms with Crippen LogP contribution in [0.15, 0.2) is 17.0 Å². The number of nitrogens with one attached hydrogen (secondary N) is 1. The molecule has 108 valence electrons. The summed E-state index contributed by atoms with van der Waals surface area (Å²) in [6.45, 7) is 4.69. The highest BCUT2D eigenvalue weighted by atomic mass is 32.2. The number of likely N-dealkylation sites (N-methyl/N-ethyl adjacent to an activating group) is 1. The topological polar surface area (TPSA) is 58.6 Å². The Labute approximate surface area is 115 Å². The Kier molecular flexibility index (Phi) is 5.34. The van der Waals surface area contributed by atoms with Crippen LogP contribution in [-0.4, -0.2) is 47.6 Å². The third-order valence-electron chi connectivity index (χ3n) is 2.72. The monoisotopic (exact) mass is 286 g/mol. The lowest BCUT2D eigenvalue weighted by Crippen LogP contribution is -2.32. The Bertz CT molecular complexity index is 539. The number of rotatable bonds is 6. The number of hydrogen-bond acceptors (Lipinski definition) is 4. The van der Waals surface area contributed by atoms with Gasteiger partial charge in [0.05, 0.1) is 7.11 Å². The summed E-state index contributed by atoms with van der Waals surface area (Å²) in [5.41, 5.74) is 1.66. The van der Waals surface area contributed by atoms with Gasteiger partial charge in [0.25, 0.3) is 0 Å². The highest BCUT2D eigenvalue weighted by Gasteiger charge is 2.22. The number of aryl methyl sites for hydroxylation is 2. The smallest absolute Gasteiger partial charge is 0.244 e. The predicted molar refractivity (Wildman–Crippen MR) is 76.2 cm³/mol. The van der Waals surface area contributed by atoms with Gasteiger partial charge in [-0.2, -0.15) is 0 Å². The maximum atomic E-state index is 12.3. The molecule has 0 saturated carbocycles. The molecule has 1 N–H and O–H groups in total. The predicted octanol–water partition coefficient (Wildman–Crippen LogP) is 1.15. The van der Waals surface area contributed by atoms with Gasteiger partial charge in [-0.25, -0.2) is 13.1 Å². The summed E-state index contributed by atoms with van der Waals surface area (Å²) in [7, 11) is 1.72. The van der Waals surface area contributed by atoms with Gasteiger partial charge in [0, 0.05) is 13.1 Å². The van der Waals surface area contributed by atoms with Crippen LogP contribution in [0.4, 0.5) is 0 Å². The van der Waals surface area contributed by atoms with Crippen molar-refractivity contribution in [2.24, 2.45) is 0 Å². The molecule has 0 aromatic heterocycles. The van der Waals surface area contributed by atoms with Gasteiger partial charge >= 0.3 is 0 Å². The minimum absolute atomic E-state index is 0.222. The van der Waals surface area contributed by atoms with Crippen LogP contribution in [-0.2, 0) is 10.0 Å². The van der Waals surface area contributed by atoms with Crippen molar-refractivity contribution in [3.8, 4) is 5.75 Å². The Morgan fingerprint density at radius 2 is 1.89 bits per heavy atom. The van der Waals surface area contributed by atoms with E-state index in [1.54, 1.807) is 13.0 Å². The second kappa shape index (κ2) is 6.36. The summed E-state index contributed by atoms with van der Waals surface area (Å²) in [5.74, 6) is 0.384. The minimum Gasteiger partial charge on any atom is -0.495 e. The van der Waals surface area contributed by atoms with E-state index in [1.807, 2.05) is 32.0 Å². The van der Waals surface area contributed by atoms with Crippen molar-refractivity contribution in [3.05, 3.63) is 23.3 Å². The van der Waals surface area contributed by atoms with E-state index in [4.69, 9.17) is 4.74 Å². The zero-order valence-corrected chi connectivity index (χ0v) is 13.0. The fraction of sp³-hybridized carbons (Fsp3) is 0.538. The molecule has 0 amide bonds. The zero-order valence-electron chi connectivity index (χ0n) is 12.1. The Balaban J connectivity index is 3.07.